The van der Waals surface area contributed by atoms with Crippen LogP contribution >= 0.6 is 15.2 Å². The average Bonchev–Trinajstić information content (AvgIpc) is 3.62. The summed E-state index contributed by atoms with van der Waals surface area (Å²) in [4.78, 5) is 50.8. The van der Waals surface area contributed by atoms with Crippen molar-refractivity contribution < 1.29 is 51.3 Å². The van der Waals surface area contributed by atoms with Gasteiger partial charge in [-0.1, -0.05) is 20.8 Å². The van der Waals surface area contributed by atoms with Gasteiger partial charge in [0, 0.05) is 56.3 Å². The van der Waals surface area contributed by atoms with Crippen molar-refractivity contribution in [2.45, 2.75) is 91.4 Å². The molecule has 2 aliphatic rings. The second-order valence-corrected chi connectivity index (χ2v) is 15.0. The summed E-state index contributed by atoms with van der Waals surface area (Å²) in [5.74, 6) is 2.46. The van der Waals surface area contributed by atoms with Crippen LogP contribution in [-0.4, -0.2) is 95.4 Å². The molecular weight excluding hydrogens is 754 g/mol. The van der Waals surface area contributed by atoms with Gasteiger partial charge in [-0.15, -0.1) is 0 Å². The minimum absolute atomic E-state index is 0.142. The summed E-state index contributed by atoms with van der Waals surface area (Å²) in [6.07, 6.45) is 0.0229. The van der Waals surface area contributed by atoms with Crippen molar-refractivity contribution in [1.82, 2.24) is 19.1 Å². The molecule has 21 heteroatoms. The Bertz CT molecular complexity index is 1690. The summed E-state index contributed by atoms with van der Waals surface area (Å²) in [5.41, 5.74) is -2.33. The lowest BCUT2D eigenvalue weighted by Crippen LogP contribution is -2.38. The minimum atomic E-state index is -3.46. The molecule has 2 aromatic rings. The largest absolute Gasteiger partial charge is 0.387 e. The molecule has 2 unspecified atom stereocenters. The van der Waals surface area contributed by atoms with Crippen LogP contribution in [0.15, 0.2) is 67.5 Å². The summed E-state index contributed by atoms with van der Waals surface area (Å²) >= 11 is 0. The number of aliphatic hydroxyl groups is 1. The molecule has 2 fully saturated rings. The van der Waals surface area contributed by atoms with Gasteiger partial charge in [0.1, 0.15) is 24.4 Å². The van der Waals surface area contributed by atoms with E-state index in [1.54, 1.807) is 33.8 Å². The quantitative estimate of drug-likeness (QED) is 0.206. The van der Waals surface area contributed by atoms with Gasteiger partial charge in [-0.2, -0.15) is 0 Å². The minimum Gasteiger partial charge on any atom is -0.387 e. The zero-order valence-corrected chi connectivity index (χ0v) is 33.8. The molecule has 8 atom stereocenters. The molecule has 306 valence electrons. The van der Waals surface area contributed by atoms with Crippen molar-refractivity contribution in [3.63, 3.8) is 0 Å². The van der Waals surface area contributed by atoms with E-state index in [1.165, 1.54) is 55.0 Å². The highest BCUT2D eigenvalue weighted by Crippen LogP contribution is 2.51. The fraction of sp³-hybridized carbons (Fsp3) is 0.636. The molecule has 0 spiro atoms. The third-order valence-electron chi connectivity index (χ3n) is 7.81. The topological polar surface area (TPSA) is 238 Å². The molecule has 54 heavy (non-hydrogen) atoms. The van der Waals surface area contributed by atoms with Crippen LogP contribution in [0, 0.1) is 5.92 Å². The van der Waals surface area contributed by atoms with Gasteiger partial charge in [-0.3, -0.25) is 37.8 Å². The van der Waals surface area contributed by atoms with Crippen LogP contribution < -0.4 is 22.5 Å². The number of rotatable bonds is 16. The predicted octanol–water partition coefficient (Wildman–Crippen LogP) is 3.48. The van der Waals surface area contributed by atoms with Crippen LogP contribution in [-0.2, 0) is 46.2 Å². The lowest BCUT2D eigenvalue weighted by molar-refractivity contribution is -0.0491. The maximum atomic E-state index is 12.6. The fourth-order valence-electron chi connectivity index (χ4n) is 5.50. The monoisotopic (exact) mass is 808 g/mol. The number of methoxy groups -OCH3 is 2. The highest BCUT2D eigenvalue weighted by Gasteiger charge is 2.45. The predicted molar refractivity (Wildman–Crippen MR) is 199 cm³/mol. The first-order chi connectivity index (χ1) is 25.7. The van der Waals surface area contributed by atoms with Gasteiger partial charge in [-0.25, -0.2) is 9.59 Å². The molecule has 3 N–H and O–H groups in total. The van der Waals surface area contributed by atoms with Gasteiger partial charge in [0.15, 0.2) is 12.5 Å². The Labute approximate surface area is 313 Å². The Morgan fingerprint density at radius 3 is 1.44 bits per heavy atom. The third kappa shape index (κ3) is 12.5. The van der Waals surface area contributed by atoms with E-state index in [4.69, 9.17) is 37.0 Å². The maximum Gasteiger partial charge on any atom is 0.353 e. The number of nitrogens with one attached hydrogen (secondary N) is 2. The number of ether oxygens (including phenoxy) is 4. The molecular formula is C33H54N4O15P2. The van der Waals surface area contributed by atoms with Crippen molar-refractivity contribution in [1.29, 1.82) is 0 Å². The van der Waals surface area contributed by atoms with Crippen LogP contribution in [0.3, 0.4) is 0 Å². The van der Waals surface area contributed by atoms with Crippen LogP contribution in [0.4, 0.5) is 0 Å². The third-order valence-corrected chi connectivity index (χ3v) is 11.4. The molecule has 0 bridgehead atoms. The van der Waals surface area contributed by atoms with Crippen molar-refractivity contribution in [3.05, 3.63) is 90.0 Å². The van der Waals surface area contributed by atoms with E-state index in [0.717, 1.165) is 10.6 Å². The Hall–Kier alpha value is -3.06. The molecule has 0 aliphatic carbocycles. The second-order valence-electron chi connectivity index (χ2n) is 11.2. The highest BCUT2D eigenvalue weighted by atomic mass is 31.2. The van der Waals surface area contributed by atoms with Crippen molar-refractivity contribution in [3.8, 4) is 0 Å². The van der Waals surface area contributed by atoms with Crippen LogP contribution in [0.25, 0.3) is 0 Å². The maximum absolute atomic E-state index is 12.6. The van der Waals surface area contributed by atoms with Crippen molar-refractivity contribution >= 4 is 15.2 Å². The van der Waals surface area contributed by atoms with E-state index in [2.05, 4.69) is 9.97 Å². The molecule has 19 nitrogen and oxygen atoms in total. The number of aromatic amines is 2. The molecule has 0 aromatic carbocycles. The Morgan fingerprint density at radius 1 is 0.704 bits per heavy atom. The number of aliphatic hydroxyl groups excluding tert-OH is 1. The van der Waals surface area contributed by atoms with E-state index in [-0.39, 0.29) is 32.3 Å². The van der Waals surface area contributed by atoms with Gasteiger partial charge < -0.3 is 42.1 Å². The fourth-order valence-corrected chi connectivity index (χ4v) is 8.19. The van der Waals surface area contributed by atoms with E-state index >= 15 is 0 Å². The Balaban J connectivity index is 0.000000357. The van der Waals surface area contributed by atoms with Crippen LogP contribution in [0.1, 0.15) is 60.9 Å². The van der Waals surface area contributed by atoms with E-state index in [9.17, 15) is 33.4 Å². The summed E-state index contributed by atoms with van der Waals surface area (Å²) in [7, 11) is -3.94. The summed E-state index contributed by atoms with van der Waals surface area (Å²) < 4.78 is 70.5. The van der Waals surface area contributed by atoms with E-state index in [1.807, 2.05) is 20.8 Å². The number of hydrogen-bond acceptors (Lipinski definition) is 15. The van der Waals surface area contributed by atoms with Crippen LogP contribution in [0.5, 0.6) is 0 Å². The van der Waals surface area contributed by atoms with Crippen molar-refractivity contribution in [2.75, 3.05) is 40.6 Å². The van der Waals surface area contributed by atoms with Crippen molar-refractivity contribution in [2.24, 2.45) is 5.92 Å². The number of hydrogen-bond donors (Lipinski definition) is 3. The van der Waals surface area contributed by atoms with E-state index < -0.39 is 80.7 Å². The normalized spacial score (nSPS) is 25.7. The van der Waals surface area contributed by atoms with E-state index in [0.29, 0.717) is 0 Å². The average molecular weight is 809 g/mol. The molecule has 0 amide bonds. The molecule has 4 rings (SSSR count). The first-order valence-electron chi connectivity index (χ1n) is 17.5. The standard InChI is InChI=1S/C16H25N2O7P.C15H23N2O8P.C2H6/c1-5-23-26(21,24-6-2)10-8-12-11(3)14(22-4)15(25-12)18-9-7-13(19)17-16(18)20;1-4-23-26(21,24-5-2)9-7-10-12(19)13(22-3)14(25-10)17-8-6-11(18)16-15(17)20;1-2/h7-12,14-15H,5-6H2,1-4H3,(H,17,19,20);6-10,12-14,19H,4-5H2,1-3H3,(H,16,18,20);1-2H3/b10-8+;9-7+;/t11?,12-,14+,15-;10-,12?,13+,14-;/m11./s1. The van der Waals surface area contributed by atoms with Crippen LogP contribution in [0.2, 0.25) is 0 Å². The highest BCUT2D eigenvalue weighted by molar-refractivity contribution is 7.57. The van der Waals surface area contributed by atoms with Gasteiger partial charge in [-0.05, 0) is 39.8 Å². The molecule has 2 aromatic heterocycles. The zero-order chi connectivity index (χ0) is 40.6. The van der Waals surface area contributed by atoms with Gasteiger partial charge in [0.25, 0.3) is 11.1 Å². The zero-order valence-electron chi connectivity index (χ0n) is 32.0. The first kappa shape index (κ1) is 47.1. The molecule has 2 saturated heterocycles. The smallest absolute Gasteiger partial charge is 0.353 e. The van der Waals surface area contributed by atoms with Gasteiger partial charge in [0.2, 0.25) is 0 Å². The second kappa shape index (κ2) is 22.5. The SMILES string of the molecule is CC.CCOP(=O)(/C=C/[C@H]1O[C@@H](n2ccc(=O)[nH]c2=O)[C@@H](OC)C1C)OCC.CCOP(=O)(/C=C/[C@H]1O[C@@H](n2ccc(=O)[nH]c2=O)[C@@H](OC)C1O)OCC. The lowest BCUT2D eigenvalue weighted by atomic mass is 10.0. The summed E-state index contributed by atoms with van der Waals surface area (Å²) in [6.45, 7) is 13.6. The lowest BCUT2D eigenvalue weighted by Gasteiger charge is -2.20. The Morgan fingerprint density at radius 2 is 1.07 bits per heavy atom. The first-order valence-corrected chi connectivity index (χ1v) is 20.8. The Kier molecular flexibility index (Phi) is 19.6. The number of H-pyrrole nitrogens is 2. The summed E-state index contributed by atoms with van der Waals surface area (Å²) in [6, 6.07) is 2.40. The summed E-state index contributed by atoms with van der Waals surface area (Å²) in [5, 5.41) is 10.4. The van der Waals surface area contributed by atoms with Gasteiger partial charge in [0.05, 0.1) is 32.5 Å². The molecule has 2 aliphatic heterocycles. The number of nitrogens with zero attached hydrogens (tertiary/aromatic N) is 2. The van der Waals surface area contributed by atoms with Gasteiger partial charge >= 0.3 is 26.6 Å². The molecule has 0 saturated carbocycles. The molecule has 4 heterocycles. The molecule has 0 radical (unpaired) electrons. The number of aromatic nitrogens is 4.